The van der Waals surface area contributed by atoms with Crippen LogP contribution in [0.15, 0.2) is 152 Å². The number of hydrogen-bond donors (Lipinski definition) is 0. The summed E-state index contributed by atoms with van der Waals surface area (Å²) in [4.78, 5) is 2.35. The summed E-state index contributed by atoms with van der Waals surface area (Å²) < 4.78 is 2.63. The average molecular weight is 504 g/mol. The van der Waals surface area contributed by atoms with Crippen LogP contribution in [0.5, 0.6) is 0 Å². The van der Waals surface area contributed by atoms with Crippen molar-refractivity contribution in [1.82, 2.24) is 0 Å². The molecule has 1 aromatic heterocycles. The minimum absolute atomic E-state index is 1.14. The fourth-order valence-corrected chi connectivity index (χ4v) is 6.31. The van der Waals surface area contributed by atoms with Crippen LogP contribution in [0, 0.1) is 0 Å². The van der Waals surface area contributed by atoms with Gasteiger partial charge in [0.05, 0.1) is 0 Å². The van der Waals surface area contributed by atoms with Gasteiger partial charge in [0.15, 0.2) is 0 Å². The quantitative estimate of drug-likeness (QED) is 0.226. The van der Waals surface area contributed by atoms with Gasteiger partial charge < -0.3 is 4.90 Å². The molecule has 0 spiro atoms. The molecule has 7 rings (SSSR count). The molecule has 0 bridgehead atoms. The molecule has 38 heavy (non-hydrogen) atoms. The van der Waals surface area contributed by atoms with Gasteiger partial charge in [0, 0.05) is 37.2 Å². The maximum Gasteiger partial charge on any atom is 0.0476 e. The monoisotopic (exact) mass is 503 g/mol. The van der Waals surface area contributed by atoms with E-state index in [-0.39, 0.29) is 0 Å². The molecule has 7 aromatic rings. The number of hydrogen-bond acceptors (Lipinski definition) is 2. The predicted molar refractivity (Wildman–Crippen MR) is 165 cm³/mol. The van der Waals surface area contributed by atoms with Gasteiger partial charge in [-0.25, -0.2) is 0 Å². The smallest absolute Gasteiger partial charge is 0.0476 e. The first-order chi connectivity index (χ1) is 18.8. The Kier molecular flexibility index (Phi) is 5.73. The molecule has 0 saturated heterocycles. The van der Waals surface area contributed by atoms with Gasteiger partial charge in [-0.3, -0.25) is 0 Å². The third-order valence-electron chi connectivity index (χ3n) is 7.09. The van der Waals surface area contributed by atoms with E-state index in [4.69, 9.17) is 0 Å². The summed E-state index contributed by atoms with van der Waals surface area (Å²) in [6, 6.07) is 54.4. The van der Waals surface area contributed by atoms with Crippen molar-refractivity contribution in [2.45, 2.75) is 0 Å². The van der Waals surface area contributed by atoms with Gasteiger partial charge >= 0.3 is 0 Å². The lowest BCUT2D eigenvalue weighted by molar-refractivity contribution is 1.29. The molecule has 0 aliphatic heterocycles. The minimum Gasteiger partial charge on any atom is -0.310 e. The van der Waals surface area contributed by atoms with Crippen LogP contribution in [0.3, 0.4) is 0 Å². The van der Waals surface area contributed by atoms with Gasteiger partial charge in [0.1, 0.15) is 0 Å². The molecule has 0 aliphatic carbocycles. The fourth-order valence-electron chi connectivity index (χ4n) is 5.17. The Morgan fingerprint density at radius 2 is 0.789 bits per heavy atom. The number of fused-ring (bicyclic) bond motifs is 3. The van der Waals surface area contributed by atoms with Crippen LogP contribution in [-0.4, -0.2) is 0 Å². The lowest BCUT2D eigenvalue weighted by Gasteiger charge is -2.26. The molecule has 0 aliphatic rings. The van der Waals surface area contributed by atoms with Gasteiger partial charge in [-0.05, 0) is 64.7 Å². The third-order valence-corrected chi connectivity index (χ3v) is 8.22. The number of benzene rings is 6. The highest BCUT2D eigenvalue weighted by Crippen LogP contribution is 2.41. The predicted octanol–water partition coefficient (Wildman–Crippen LogP) is 10.9. The topological polar surface area (TPSA) is 3.24 Å². The van der Waals surface area contributed by atoms with Gasteiger partial charge in [-0.15, -0.1) is 11.3 Å². The summed E-state index contributed by atoms with van der Waals surface area (Å²) >= 11 is 1.86. The highest BCUT2D eigenvalue weighted by atomic mass is 32.1. The zero-order valence-electron chi connectivity index (χ0n) is 20.8. The van der Waals surface area contributed by atoms with Crippen molar-refractivity contribution in [3.63, 3.8) is 0 Å². The Balaban J connectivity index is 1.34. The second-order valence-electron chi connectivity index (χ2n) is 9.44. The zero-order valence-corrected chi connectivity index (χ0v) is 21.6. The SMILES string of the molecule is c1ccc(-c2ccc(N(c3ccc(-c4ccccc4)cc3)c3ccc4c(c3)sc3ccccc34)cc2)cc1. The highest BCUT2D eigenvalue weighted by Gasteiger charge is 2.15. The Bertz CT molecular complexity index is 1750. The van der Waals surface area contributed by atoms with E-state index >= 15 is 0 Å². The van der Waals surface area contributed by atoms with Crippen molar-refractivity contribution in [3.8, 4) is 22.3 Å². The van der Waals surface area contributed by atoms with Crippen molar-refractivity contribution in [1.29, 1.82) is 0 Å². The van der Waals surface area contributed by atoms with E-state index in [9.17, 15) is 0 Å². The summed E-state index contributed by atoms with van der Waals surface area (Å²) in [5.41, 5.74) is 8.32. The normalized spacial score (nSPS) is 11.2. The van der Waals surface area contributed by atoms with Gasteiger partial charge in [-0.1, -0.05) is 109 Å². The van der Waals surface area contributed by atoms with Crippen LogP contribution < -0.4 is 4.90 Å². The molecule has 0 radical (unpaired) electrons. The fraction of sp³-hybridized carbons (Fsp3) is 0. The summed E-state index contributed by atoms with van der Waals surface area (Å²) in [6.07, 6.45) is 0. The van der Waals surface area contributed by atoms with Crippen LogP contribution >= 0.6 is 11.3 Å². The number of thiophene rings is 1. The minimum atomic E-state index is 1.14. The van der Waals surface area contributed by atoms with Crippen molar-refractivity contribution < 1.29 is 0 Å². The summed E-state index contributed by atoms with van der Waals surface area (Å²) in [7, 11) is 0. The molecule has 180 valence electrons. The van der Waals surface area contributed by atoms with Crippen LogP contribution in [0.2, 0.25) is 0 Å². The van der Waals surface area contributed by atoms with Crippen molar-refractivity contribution in [3.05, 3.63) is 152 Å². The largest absolute Gasteiger partial charge is 0.310 e. The van der Waals surface area contributed by atoms with Gasteiger partial charge in [-0.2, -0.15) is 0 Å². The summed E-state index contributed by atoms with van der Waals surface area (Å²) in [5, 5.41) is 2.64. The van der Waals surface area contributed by atoms with Gasteiger partial charge in [0.25, 0.3) is 0 Å². The molecule has 0 amide bonds. The molecule has 0 unspecified atom stereocenters. The van der Waals surface area contributed by atoms with E-state index < -0.39 is 0 Å². The van der Waals surface area contributed by atoms with E-state index in [1.165, 1.54) is 42.4 Å². The van der Waals surface area contributed by atoms with E-state index in [1.54, 1.807) is 0 Å². The molecule has 6 aromatic carbocycles. The van der Waals surface area contributed by atoms with Crippen molar-refractivity contribution in [2.75, 3.05) is 4.90 Å². The summed E-state index contributed by atoms with van der Waals surface area (Å²) in [6.45, 7) is 0. The van der Waals surface area contributed by atoms with Gasteiger partial charge in [0.2, 0.25) is 0 Å². The number of rotatable bonds is 5. The standard InChI is InChI=1S/C36H25NS/c1-3-9-26(10-4-1)28-15-19-30(20-16-28)37(31-21-17-29(18-22-31)27-11-5-2-6-12-27)32-23-24-34-33-13-7-8-14-35(33)38-36(34)25-32/h1-25H. The average Bonchev–Trinajstić information content (AvgIpc) is 3.37. The third kappa shape index (κ3) is 4.15. The van der Waals surface area contributed by atoms with E-state index in [2.05, 4.69) is 157 Å². The van der Waals surface area contributed by atoms with Crippen LogP contribution in [-0.2, 0) is 0 Å². The Labute approximate surface area is 226 Å². The Morgan fingerprint density at radius 3 is 1.37 bits per heavy atom. The maximum absolute atomic E-state index is 2.35. The lowest BCUT2D eigenvalue weighted by atomic mass is 10.0. The Hall–Kier alpha value is -4.66. The van der Waals surface area contributed by atoms with E-state index in [1.807, 2.05) is 11.3 Å². The molecule has 2 heteroatoms. The van der Waals surface area contributed by atoms with Crippen LogP contribution in [0.25, 0.3) is 42.4 Å². The number of anilines is 3. The molecule has 1 nitrogen and oxygen atoms in total. The van der Waals surface area contributed by atoms with Crippen molar-refractivity contribution >= 4 is 48.6 Å². The molecule has 1 heterocycles. The maximum atomic E-state index is 2.35. The van der Waals surface area contributed by atoms with Crippen LogP contribution in [0.1, 0.15) is 0 Å². The van der Waals surface area contributed by atoms with E-state index in [0.29, 0.717) is 0 Å². The first-order valence-corrected chi connectivity index (χ1v) is 13.7. The second kappa shape index (κ2) is 9.66. The first-order valence-electron chi connectivity index (χ1n) is 12.9. The highest BCUT2D eigenvalue weighted by molar-refractivity contribution is 7.25. The second-order valence-corrected chi connectivity index (χ2v) is 10.5. The molecule has 0 saturated carbocycles. The molecule has 0 atom stereocenters. The number of nitrogens with zero attached hydrogens (tertiary/aromatic N) is 1. The van der Waals surface area contributed by atoms with Crippen LogP contribution in [0.4, 0.5) is 17.1 Å². The summed E-state index contributed by atoms with van der Waals surface area (Å²) in [5.74, 6) is 0. The Morgan fingerprint density at radius 1 is 0.342 bits per heavy atom. The first kappa shape index (κ1) is 22.5. The zero-order chi connectivity index (χ0) is 25.3. The molecule has 0 N–H and O–H groups in total. The lowest BCUT2D eigenvalue weighted by Crippen LogP contribution is -2.09. The molecular weight excluding hydrogens is 478 g/mol. The molecule has 0 fully saturated rings. The van der Waals surface area contributed by atoms with E-state index in [0.717, 1.165) is 17.1 Å². The van der Waals surface area contributed by atoms with Crippen molar-refractivity contribution in [2.24, 2.45) is 0 Å². The molecular formula is C36H25NS.